The summed E-state index contributed by atoms with van der Waals surface area (Å²) >= 11 is 0. The summed E-state index contributed by atoms with van der Waals surface area (Å²) < 4.78 is 17.3. The van der Waals surface area contributed by atoms with Gasteiger partial charge in [-0.25, -0.2) is 0 Å². The topological polar surface area (TPSA) is 61.8 Å². The summed E-state index contributed by atoms with van der Waals surface area (Å²) in [5.41, 5.74) is 0. The van der Waals surface area contributed by atoms with Gasteiger partial charge in [-0.1, -0.05) is 200 Å². The number of hydrogen-bond acceptors (Lipinski definition) is 5. The maximum Gasteiger partial charge on any atom is 0.306 e. The zero-order chi connectivity index (χ0) is 46.3. The van der Waals surface area contributed by atoms with E-state index < -0.39 is 6.10 Å². The molecule has 0 aromatic rings. The number of esters is 2. The Balaban J connectivity index is 4.40. The third kappa shape index (κ3) is 50.9. The molecular formula is C59H96O5. The van der Waals surface area contributed by atoms with E-state index in [-0.39, 0.29) is 25.2 Å². The first-order chi connectivity index (χ1) is 31.6. The van der Waals surface area contributed by atoms with Crippen LogP contribution < -0.4 is 0 Å². The van der Waals surface area contributed by atoms with Gasteiger partial charge in [-0.2, -0.15) is 0 Å². The molecule has 0 saturated carbocycles. The first-order valence-corrected chi connectivity index (χ1v) is 26.1. The highest BCUT2D eigenvalue weighted by molar-refractivity contribution is 5.70. The minimum Gasteiger partial charge on any atom is -0.462 e. The van der Waals surface area contributed by atoms with Crippen LogP contribution in [0.3, 0.4) is 0 Å². The molecule has 64 heavy (non-hydrogen) atoms. The number of unbranched alkanes of at least 4 members (excludes halogenated alkanes) is 15. The van der Waals surface area contributed by atoms with E-state index in [0.29, 0.717) is 19.4 Å². The lowest BCUT2D eigenvalue weighted by Gasteiger charge is -2.18. The Labute approximate surface area is 395 Å². The summed E-state index contributed by atoms with van der Waals surface area (Å²) in [6.45, 7) is 7.48. The molecule has 0 saturated heterocycles. The minimum atomic E-state index is -0.574. The third-order valence-electron chi connectivity index (χ3n) is 10.5. The van der Waals surface area contributed by atoms with Crippen molar-refractivity contribution in [1.82, 2.24) is 0 Å². The second-order valence-corrected chi connectivity index (χ2v) is 16.7. The smallest absolute Gasteiger partial charge is 0.306 e. The monoisotopic (exact) mass is 885 g/mol. The van der Waals surface area contributed by atoms with Crippen LogP contribution in [-0.2, 0) is 23.8 Å². The van der Waals surface area contributed by atoms with Crippen molar-refractivity contribution in [2.24, 2.45) is 0 Å². The van der Waals surface area contributed by atoms with E-state index in [1.165, 1.54) is 51.4 Å². The fourth-order valence-corrected chi connectivity index (χ4v) is 6.62. The molecule has 0 aromatic heterocycles. The van der Waals surface area contributed by atoms with Crippen LogP contribution in [0.1, 0.15) is 213 Å². The number of hydrogen-bond donors (Lipinski definition) is 0. The lowest BCUT2D eigenvalue weighted by molar-refractivity contribution is -0.163. The van der Waals surface area contributed by atoms with Gasteiger partial charge in [0.25, 0.3) is 0 Å². The van der Waals surface area contributed by atoms with E-state index in [9.17, 15) is 9.59 Å². The molecule has 1 atom stereocenters. The van der Waals surface area contributed by atoms with Crippen LogP contribution in [-0.4, -0.2) is 37.9 Å². The average Bonchev–Trinajstić information content (AvgIpc) is 3.30. The Morgan fingerprint density at radius 3 is 1.16 bits per heavy atom. The molecule has 0 heterocycles. The molecule has 5 heteroatoms. The molecule has 0 aliphatic rings. The molecule has 362 valence electrons. The SMILES string of the molecule is CC/C=C\C/C=C\C/C=C\C/C=C\C/C=C\CCCCCC(=O)OCC(COCCCCCCCC/C=C\CCCC)OC(=O)CCCCCC/C=C\C/C=C\C/C=C\C/C=C\CC. The summed E-state index contributed by atoms with van der Waals surface area (Å²) in [7, 11) is 0. The number of ether oxygens (including phenoxy) is 3. The Bertz CT molecular complexity index is 1320. The normalized spacial score (nSPS) is 13.2. The number of carbonyl (C=O) groups is 2. The summed E-state index contributed by atoms with van der Waals surface area (Å²) in [5.74, 6) is -0.473. The second kappa shape index (κ2) is 53.6. The minimum absolute atomic E-state index is 0.0480. The molecule has 0 radical (unpaired) electrons. The van der Waals surface area contributed by atoms with Crippen LogP contribution in [0.25, 0.3) is 0 Å². The van der Waals surface area contributed by atoms with Crippen molar-refractivity contribution in [3.05, 3.63) is 122 Å². The van der Waals surface area contributed by atoms with Gasteiger partial charge in [-0.15, -0.1) is 0 Å². The van der Waals surface area contributed by atoms with Crippen molar-refractivity contribution >= 4 is 11.9 Å². The van der Waals surface area contributed by atoms with Gasteiger partial charge in [0.1, 0.15) is 6.61 Å². The quantitative estimate of drug-likeness (QED) is 0.0346. The van der Waals surface area contributed by atoms with Gasteiger partial charge in [0.15, 0.2) is 6.10 Å². The van der Waals surface area contributed by atoms with Gasteiger partial charge < -0.3 is 14.2 Å². The molecule has 0 amide bonds. The summed E-state index contributed by atoms with van der Waals surface area (Å²) in [5, 5.41) is 0. The summed E-state index contributed by atoms with van der Waals surface area (Å²) in [4.78, 5) is 25.4. The molecule has 0 rings (SSSR count). The van der Waals surface area contributed by atoms with E-state index in [1.807, 2.05) is 0 Å². The zero-order valence-electron chi connectivity index (χ0n) is 41.5. The Morgan fingerprint density at radius 1 is 0.359 bits per heavy atom. The van der Waals surface area contributed by atoms with Gasteiger partial charge in [-0.3, -0.25) is 9.59 Å². The maximum atomic E-state index is 12.8. The highest BCUT2D eigenvalue weighted by atomic mass is 16.6. The van der Waals surface area contributed by atoms with Gasteiger partial charge in [0.05, 0.1) is 6.61 Å². The predicted molar refractivity (Wildman–Crippen MR) is 279 cm³/mol. The molecule has 0 spiro atoms. The van der Waals surface area contributed by atoms with E-state index in [0.717, 1.165) is 128 Å². The van der Waals surface area contributed by atoms with Crippen molar-refractivity contribution in [2.45, 2.75) is 219 Å². The van der Waals surface area contributed by atoms with E-state index >= 15 is 0 Å². The second-order valence-electron chi connectivity index (χ2n) is 16.7. The molecular weight excluding hydrogens is 789 g/mol. The highest BCUT2D eigenvalue weighted by Crippen LogP contribution is 2.12. The van der Waals surface area contributed by atoms with Crippen molar-refractivity contribution in [3.8, 4) is 0 Å². The molecule has 0 aromatic carbocycles. The van der Waals surface area contributed by atoms with Gasteiger partial charge in [0.2, 0.25) is 0 Å². The molecule has 0 aliphatic heterocycles. The van der Waals surface area contributed by atoms with Crippen LogP contribution in [0.5, 0.6) is 0 Å². The van der Waals surface area contributed by atoms with Crippen LogP contribution in [0.2, 0.25) is 0 Å². The van der Waals surface area contributed by atoms with Gasteiger partial charge in [-0.05, 0) is 122 Å². The molecule has 1 unspecified atom stereocenters. The highest BCUT2D eigenvalue weighted by Gasteiger charge is 2.17. The van der Waals surface area contributed by atoms with Gasteiger partial charge in [0, 0.05) is 19.4 Å². The molecule has 0 fully saturated rings. The van der Waals surface area contributed by atoms with Crippen LogP contribution in [0.4, 0.5) is 0 Å². The van der Waals surface area contributed by atoms with Crippen molar-refractivity contribution in [1.29, 1.82) is 0 Å². The Morgan fingerprint density at radius 2 is 0.703 bits per heavy atom. The standard InChI is InChI=1S/C59H96O5/c1-4-7-10-13-16-19-22-25-27-29-30-32-33-35-37-40-43-46-49-52-58(60)63-56-57(55-62-54-51-48-45-42-39-24-21-18-15-12-9-6-3)64-59(61)53-50-47-44-41-38-36-34-31-28-26-23-20-17-14-11-8-5-2/h7-8,10-11,15-20,25-28,30,32,34-37,57H,4-6,9,12-14,21-24,29,31,33,38-56H2,1-3H3/b10-7-,11-8-,18-15-,19-16-,20-17-,27-25-,28-26-,32-30-,36-34-,37-35-. The number of allylic oxidation sites excluding steroid dienone is 20. The fraction of sp³-hybridized carbons (Fsp3) is 0.627. The van der Waals surface area contributed by atoms with Crippen molar-refractivity contribution < 1.29 is 23.8 Å². The Hall–Kier alpha value is -3.70. The van der Waals surface area contributed by atoms with Crippen molar-refractivity contribution in [2.75, 3.05) is 19.8 Å². The molecule has 5 nitrogen and oxygen atoms in total. The molecule has 0 N–H and O–H groups in total. The van der Waals surface area contributed by atoms with E-state index in [1.54, 1.807) is 0 Å². The fourth-order valence-electron chi connectivity index (χ4n) is 6.62. The molecule has 0 bridgehead atoms. The molecule has 0 aliphatic carbocycles. The summed E-state index contributed by atoms with van der Waals surface area (Å²) in [6, 6.07) is 0. The lowest BCUT2D eigenvalue weighted by Crippen LogP contribution is -2.30. The first-order valence-electron chi connectivity index (χ1n) is 26.1. The van der Waals surface area contributed by atoms with Crippen LogP contribution in [0.15, 0.2) is 122 Å². The largest absolute Gasteiger partial charge is 0.462 e. The van der Waals surface area contributed by atoms with E-state index in [2.05, 4.69) is 142 Å². The van der Waals surface area contributed by atoms with Gasteiger partial charge >= 0.3 is 11.9 Å². The van der Waals surface area contributed by atoms with Crippen LogP contribution in [0, 0.1) is 0 Å². The zero-order valence-corrected chi connectivity index (χ0v) is 41.5. The van der Waals surface area contributed by atoms with Crippen molar-refractivity contribution in [3.63, 3.8) is 0 Å². The summed E-state index contributed by atoms with van der Waals surface area (Å²) in [6.07, 6.45) is 74.9. The first kappa shape index (κ1) is 60.3. The Kier molecular flexibility index (Phi) is 50.5. The third-order valence-corrected chi connectivity index (χ3v) is 10.5. The number of carbonyl (C=O) groups excluding carboxylic acids is 2. The average molecular weight is 885 g/mol. The number of rotatable bonds is 46. The lowest BCUT2D eigenvalue weighted by atomic mass is 10.1. The predicted octanol–water partition coefficient (Wildman–Crippen LogP) is 17.8. The van der Waals surface area contributed by atoms with Crippen LogP contribution >= 0.6 is 0 Å². The maximum absolute atomic E-state index is 12.8. The van der Waals surface area contributed by atoms with E-state index in [4.69, 9.17) is 14.2 Å².